The minimum atomic E-state index is 0.171. The van der Waals surface area contributed by atoms with Gasteiger partial charge in [-0.05, 0) is 44.1 Å². The fraction of sp³-hybridized carbons (Fsp3) is 0.200. The zero-order valence-corrected chi connectivity index (χ0v) is 10.1. The first kappa shape index (κ1) is 11.5. The van der Waals surface area contributed by atoms with E-state index in [1.165, 1.54) is 5.57 Å². The summed E-state index contributed by atoms with van der Waals surface area (Å²) in [6.07, 6.45) is 8.87. The molecule has 1 aromatic rings. The van der Waals surface area contributed by atoms with Crippen LogP contribution < -0.4 is 4.74 Å². The highest BCUT2D eigenvalue weighted by atomic mass is 16.5. The highest BCUT2D eigenvalue weighted by Gasteiger charge is 2.07. The molecule has 1 N–H and O–H groups in total. The number of para-hydroxylation sites is 1. The maximum atomic E-state index is 9.75. The number of hydrogen-bond acceptors (Lipinski definition) is 2. The molecule has 0 aromatic heterocycles. The Morgan fingerprint density at radius 2 is 2.00 bits per heavy atom. The third kappa shape index (κ3) is 2.78. The van der Waals surface area contributed by atoms with Crippen molar-refractivity contribution in [3.63, 3.8) is 0 Å². The van der Waals surface area contributed by atoms with Crippen molar-refractivity contribution in [2.24, 2.45) is 0 Å². The van der Waals surface area contributed by atoms with Crippen molar-refractivity contribution < 1.29 is 9.84 Å². The van der Waals surface area contributed by atoms with Gasteiger partial charge in [-0.25, -0.2) is 0 Å². The van der Waals surface area contributed by atoms with Crippen LogP contribution >= 0.6 is 0 Å². The molecule has 2 rings (SSSR count). The van der Waals surface area contributed by atoms with Crippen molar-refractivity contribution in [2.45, 2.75) is 20.3 Å². The number of phenolic OH excluding ortho intramolecular Hbond substituents is 1. The van der Waals surface area contributed by atoms with Gasteiger partial charge in [-0.3, -0.25) is 0 Å². The van der Waals surface area contributed by atoms with E-state index in [1.54, 1.807) is 12.1 Å². The van der Waals surface area contributed by atoms with Crippen LogP contribution in [-0.2, 0) is 0 Å². The van der Waals surface area contributed by atoms with Crippen LogP contribution in [0.3, 0.4) is 0 Å². The predicted octanol–water partition coefficient (Wildman–Crippen LogP) is 3.87. The van der Waals surface area contributed by atoms with Crippen molar-refractivity contribution in [1.29, 1.82) is 0 Å². The molecule has 0 spiro atoms. The molecule has 88 valence electrons. The lowest BCUT2D eigenvalue weighted by Crippen LogP contribution is -1.94. The van der Waals surface area contributed by atoms with E-state index in [0.29, 0.717) is 5.75 Å². The van der Waals surface area contributed by atoms with Crippen LogP contribution in [0.25, 0.3) is 0 Å². The van der Waals surface area contributed by atoms with Crippen LogP contribution in [0, 0.1) is 6.92 Å². The SMILES string of the molecule is CC1=CC=C(Oc2c(C)cccc2O)C=CC1. The highest BCUT2D eigenvalue weighted by Crippen LogP contribution is 2.31. The van der Waals surface area contributed by atoms with Gasteiger partial charge in [0.2, 0.25) is 0 Å². The molecule has 2 nitrogen and oxygen atoms in total. The summed E-state index contributed by atoms with van der Waals surface area (Å²) in [5, 5.41) is 9.75. The van der Waals surface area contributed by atoms with Gasteiger partial charge in [-0.15, -0.1) is 0 Å². The van der Waals surface area contributed by atoms with Gasteiger partial charge in [-0.2, -0.15) is 0 Å². The molecule has 0 atom stereocenters. The van der Waals surface area contributed by atoms with Gasteiger partial charge in [0.05, 0.1) is 0 Å². The first-order chi connectivity index (χ1) is 8.16. The number of ether oxygens (including phenoxy) is 1. The summed E-state index contributed by atoms with van der Waals surface area (Å²) in [5.41, 5.74) is 2.21. The number of phenols is 1. The summed E-state index contributed by atoms with van der Waals surface area (Å²) in [7, 11) is 0. The minimum absolute atomic E-state index is 0.171. The Hall–Kier alpha value is -1.96. The number of benzene rings is 1. The van der Waals surface area contributed by atoms with Crippen molar-refractivity contribution in [1.82, 2.24) is 0 Å². The zero-order chi connectivity index (χ0) is 12.3. The Kier molecular flexibility index (Phi) is 3.33. The van der Waals surface area contributed by atoms with E-state index in [9.17, 15) is 5.11 Å². The molecule has 0 saturated carbocycles. The second-order valence-corrected chi connectivity index (χ2v) is 4.21. The largest absolute Gasteiger partial charge is 0.504 e. The third-order valence-electron chi connectivity index (χ3n) is 2.67. The molecule has 0 unspecified atom stereocenters. The van der Waals surface area contributed by atoms with Gasteiger partial charge in [0.15, 0.2) is 11.5 Å². The summed E-state index contributed by atoms with van der Waals surface area (Å²) in [6, 6.07) is 5.35. The lowest BCUT2D eigenvalue weighted by atomic mass is 10.2. The molecule has 1 aliphatic rings. The molecule has 0 fully saturated rings. The Labute approximate surface area is 102 Å². The molecule has 0 radical (unpaired) electrons. The number of aryl methyl sites for hydroxylation is 1. The standard InChI is InChI=1S/C15H16O2/c1-11-5-3-7-13(10-9-11)17-15-12(2)6-4-8-14(15)16/h3-4,6-10,16H,5H2,1-2H3. The molecule has 0 heterocycles. The summed E-state index contributed by atoms with van der Waals surface area (Å²) in [5.74, 6) is 1.44. The van der Waals surface area contributed by atoms with Crippen molar-refractivity contribution in [3.8, 4) is 11.5 Å². The first-order valence-corrected chi connectivity index (χ1v) is 5.67. The number of aromatic hydroxyl groups is 1. The van der Waals surface area contributed by atoms with Crippen LogP contribution in [0.5, 0.6) is 11.5 Å². The summed E-state index contributed by atoms with van der Waals surface area (Å²) in [4.78, 5) is 0. The summed E-state index contributed by atoms with van der Waals surface area (Å²) >= 11 is 0. The van der Waals surface area contributed by atoms with Crippen molar-refractivity contribution in [2.75, 3.05) is 0 Å². The number of hydrogen-bond donors (Lipinski definition) is 1. The Bertz CT molecular complexity index is 487. The summed E-state index contributed by atoms with van der Waals surface area (Å²) in [6.45, 7) is 3.99. The maximum absolute atomic E-state index is 9.75. The molecule has 0 amide bonds. The van der Waals surface area contributed by atoms with Gasteiger partial charge in [0.25, 0.3) is 0 Å². The summed E-state index contributed by atoms with van der Waals surface area (Å²) < 4.78 is 5.72. The Morgan fingerprint density at radius 1 is 1.18 bits per heavy atom. The second kappa shape index (κ2) is 4.91. The fourth-order valence-corrected chi connectivity index (χ4v) is 1.66. The van der Waals surface area contributed by atoms with E-state index in [2.05, 4.69) is 13.0 Å². The van der Waals surface area contributed by atoms with E-state index in [4.69, 9.17) is 4.74 Å². The zero-order valence-electron chi connectivity index (χ0n) is 10.1. The van der Waals surface area contributed by atoms with Gasteiger partial charge < -0.3 is 9.84 Å². The van der Waals surface area contributed by atoms with Gasteiger partial charge in [0.1, 0.15) is 5.76 Å². The topological polar surface area (TPSA) is 29.5 Å². The van der Waals surface area contributed by atoms with Crippen LogP contribution in [-0.4, -0.2) is 5.11 Å². The molecule has 1 aromatic carbocycles. The van der Waals surface area contributed by atoms with E-state index >= 15 is 0 Å². The molecular formula is C15H16O2. The normalized spacial score (nSPS) is 14.9. The molecule has 0 saturated heterocycles. The second-order valence-electron chi connectivity index (χ2n) is 4.21. The third-order valence-corrected chi connectivity index (χ3v) is 2.67. The lowest BCUT2D eigenvalue weighted by molar-refractivity contribution is 0.390. The van der Waals surface area contributed by atoms with Crippen LogP contribution in [0.1, 0.15) is 18.9 Å². The van der Waals surface area contributed by atoms with E-state index in [-0.39, 0.29) is 5.75 Å². The number of rotatable bonds is 2. The Morgan fingerprint density at radius 3 is 2.76 bits per heavy atom. The van der Waals surface area contributed by atoms with E-state index in [1.807, 2.05) is 31.2 Å². The van der Waals surface area contributed by atoms with Gasteiger partial charge in [0, 0.05) is 0 Å². The van der Waals surface area contributed by atoms with Gasteiger partial charge in [-0.1, -0.05) is 29.9 Å². The molecular weight excluding hydrogens is 212 g/mol. The van der Waals surface area contributed by atoms with Crippen molar-refractivity contribution in [3.05, 3.63) is 59.4 Å². The van der Waals surface area contributed by atoms with Crippen LogP contribution in [0.2, 0.25) is 0 Å². The monoisotopic (exact) mass is 228 g/mol. The van der Waals surface area contributed by atoms with E-state index in [0.717, 1.165) is 17.7 Å². The molecule has 17 heavy (non-hydrogen) atoms. The first-order valence-electron chi connectivity index (χ1n) is 5.67. The fourth-order valence-electron chi connectivity index (χ4n) is 1.66. The highest BCUT2D eigenvalue weighted by molar-refractivity contribution is 5.46. The van der Waals surface area contributed by atoms with Crippen molar-refractivity contribution >= 4 is 0 Å². The predicted molar refractivity (Wildman–Crippen MR) is 69.1 cm³/mol. The molecule has 2 heteroatoms. The smallest absolute Gasteiger partial charge is 0.171 e. The lowest BCUT2D eigenvalue weighted by Gasteiger charge is -2.10. The quantitative estimate of drug-likeness (QED) is 0.832. The number of allylic oxidation sites excluding steroid dienone is 5. The average molecular weight is 228 g/mol. The maximum Gasteiger partial charge on any atom is 0.171 e. The minimum Gasteiger partial charge on any atom is -0.504 e. The van der Waals surface area contributed by atoms with E-state index < -0.39 is 0 Å². The van der Waals surface area contributed by atoms with Crippen LogP contribution in [0.15, 0.2) is 53.8 Å². The average Bonchev–Trinajstić information content (AvgIpc) is 2.49. The Balaban J connectivity index is 2.27. The molecule has 0 bridgehead atoms. The van der Waals surface area contributed by atoms with Gasteiger partial charge >= 0.3 is 0 Å². The molecule has 1 aliphatic carbocycles. The van der Waals surface area contributed by atoms with Crippen LogP contribution in [0.4, 0.5) is 0 Å². The molecule has 0 aliphatic heterocycles.